The number of aryl methyl sites for hydroxylation is 1. The zero-order chi connectivity index (χ0) is 9.14. The Morgan fingerprint density at radius 2 is 2.33 bits per heavy atom. The molecule has 0 aliphatic heterocycles. The van der Waals surface area contributed by atoms with E-state index >= 15 is 0 Å². The molecule has 0 radical (unpaired) electrons. The minimum absolute atomic E-state index is 0.381. The van der Waals surface area contributed by atoms with Crippen LogP contribution in [0.15, 0.2) is 15.3 Å². The summed E-state index contributed by atoms with van der Waals surface area (Å²) in [5.41, 5.74) is 0.492. The minimum atomic E-state index is -0.381. The van der Waals surface area contributed by atoms with Crippen molar-refractivity contribution in [2.75, 3.05) is 7.11 Å². The molecule has 0 bridgehead atoms. The van der Waals surface area contributed by atoms with Gasteiger partial charge in [0.2, 0.25) is 0 Å². The lowest BCUT2D eigenvalue weighted by Gasteiger charge is -2.05. The highest BCUT2D eigenvalue weighted by Gasteiger charge is 2.07. The van der Waals surface area contributed by atoms with E-state index in [2.05, 4.69) is 15.9 Å². The van der Waals surface area contributed by atoms with Crippen LogP contribution in [-0.2, 0) is 5.33 Å². The van der Waals surface area contributed by atoms with Crippen LogP contribution < -0.4 is 10.4 Å². The molecule has 3 nitrogen and oxygen atoms in total. The molecular weight excluding hydrogens is 224 g/mol. The van der Waals surface area contributed by atoms with Crippen LogP contribution in [0.2, 0.25) is 0 Å². The van der Waals surface area contributed by atoms with Gasteiger partial charge in [-0.1, -0.05) is 15.9 Å². The van der Waals surface area contributed by atoms with Crippen molar-refractivity contribution >= 4 is 15.9 Å². The zero-order valence-corrected chi connectivity index (χ0v) is 8.47. The van der Waals surface area contributed by atoms with Gasteiger partial charge in [-0.2, -0.15) is 0 Å². The normalized spacial score (nSPS) is 9.92. The fraction of sp³-hybridized carbons (Fsp3) is 0.375. The van der Waals surface area contributed by atoms with Crippen molar-refractivity contribution in [2.45, 2.75) is 12.3 Å². The van der Waals surface area contributed by atoms with Crippen molar-refractivity contribution in [2.24, 2.45) is 0 Å². The minimum Gasteiger partial charge on any atom is -0.496 e. The zero-order valence-electron chi connectivity index (χ0n) is 6.89. The van der Waals surface area contributed by atoms with E-state index in [1.54, 1.807) is 6.92 Å². The Morgan fingerprint density at radius 1 is 1.67 bits per heavy atom. The Morgan fingerprint density at radius 3 is 2.83 bits per heavy atom. The van der Waals surface area contributed by atoms with E-state index in [9.17, 15) is 4.79 Å². The molecule has 1 aromatic heterocycles. The average molecular weight is 233 g/mol. The molecule has 0 aromatic carbocycles. The van der Waals surface area contributed by atoms with Crippen LogP contribution in [-0.4, -0.2) is 7.11 Å². The number of rotatable bonds is 2. The third kappa shape index (κ3) is 1.69. The van der Waals surface area contributed by atoms with Crippen LogP contribution in [0.25, 0.3) is 0 Å². The second-order valence-electron chi connectivity index (χ2n) is 2.30. The summed E-state index contributed by atoms with van der Waals surface area (Å²) in [5.74, 6) is 1.16. The molecule has 66 valence electrons. The molecular formula is C8H9BrO3. The fourth-order valence-corrected chi connectivity index (χ4v) is 1.62. The predicted octanol–water partition coefficient (Wildman–Crippen LogP) is 1.85. The topological polar surface area (TPSA) is 39.4 Å². The van der Waals surface area contributed by atoms with Crippen molar-refractivity contribution in [3.8, 4) is 5.75 Å². The molecule has 0 fully saturated rings. The van der Waals surface area contributed by atoms with Crippen LogP contribution in [0, 0.1) is 6.92 Å². The van der Waals surface area contributed by atoms with E-state index in [0.29, 0.717) is 16.8 Å². The van der Waals surface area contributed by atoms with Gasteiger partial charge in [0.15, 0.2) is 0 Å². The summed E-state index contributed by atoms with van der Waals surface area (Å²) in [4.78, 5) is 10.9. The summed E-state index contributed by atoms with van der Waals surface area (Å²) < 4.78 is 9.88. The number of hydrogen-bond donors (Lipinski definition) is 0. The van der Waals surface area contributed by atoms with E-state index in [0.717, 1.165) is 5.56 Å². The Hall–Kier alpha value is -0.770. The summed E-state index contributed by atoms with van der Waals surface area (Å²) in [6.45, 7) is 1.74. The van der Waals surface area contributed by atoms with Crippen molar-refractivity contribution in [3.05, 3.63) is 27.8 Å². The van der Waals surface area contributed by atoms with Crippen molar-refractivity contribution in [3.63, 3.8) is 0 Å². The summed E-state index contributed by atoms with van der Waals surface area (Å²) >= 11 is 3.28. The summed E-state index contributed by atoms with van der Waals surface area (Å²) in [6.07, 6.45) is 0. The maximum Gasteiger partial charge on any atom is 0.339 e. The van der Waals surface area contributed by atoms with Gasteiger partial charge in [0, 0.05) is 10.9 Å². The molecule has 0 aliphatic rings. The molecule has 0 saturated carbocycles. The highest BCUT2D eigenvalue weighted by atomic mass is 79.9. The molecule has 1 heterocycles. The third-order valence-corrected chi connectivity index (χ3v) is 2.14. The molecule has 0 spiro atoms. The van der Waals surface area contributed by atoms with E-state index in [1.165, 1.54) is 13.2 Å². The number of ether oxygens (including phenoxy) is 1. The molecule has 0 amide bonds. The lowest BCUT2D eigenvalue weighted by atomic mass is 10.2. The molecule has 0 N–H and O–H groups in total. The maximum atomic E-state index is 10.9. The molecule has 1 rings (SSSR count). The van der Waals surface area contributed by atoms with Gasteiger partial charge in [0.1, 0.15) is 11.5 Å². The first-order chi connectivity index (χ1) is 5.69. The van der Waals surface area contributed by atoms with Gasteiger partial charge in [-0.25, -0.2) is 4.79 Å². The van der Waals surface area contributed by atoms with Crippen LogP contribution in [0.5, 0.6) is 5.75 Å². The van der Waals surface area contributed by atoms with Gasteiger partial charge >= 0.3 is 5.63 Å². The molecule has 0 atom stereocenters. The quantitative estimate of drug-likeness (QED) is 0.731. The van der Waals surface area contributed by atoms with Gasteiger partial charge in [-0.15, -0.1) is 0 Å². The molecule has 4 heteroatoms. The lowest BCUT2D eigenvalue weighted by Crippen LogP contribution is -2.03. The number of methoxy groups -OCH3 is 1. The second-order valence-corrected chi connectivity index (χ2v) is 2.86. The highest BCUT2D eigenvalue weighted by Crippen LogP contribution is 2.21. The first-order valence-electron chi connectivity index (χ1n) is 3.42. The van der Waals surface area contributed by atoms with Crippen LogP contribution in [0.3, 0.4) is 0 Å². The van der Waals surface area contributed by atoms with Crippen molar-refractivity contribution in [1.29, 1.82) is 0 Å². The van der Waals surface area contributed by atoms with E-state index in [-0.39, 0.29) is 5.63 Å². The number of hydrogen-bond acceptors (Lipinski definition) is 3. The summed E-state index contributed by atoms with van der Waals surface area (Å²) in [6, 6.07) is 1.34. The third-order valence-electron chi connectivity index (χ3n) is 1.58. The van der Waals surface area contributed by atoms with Gasteiger partial charge in [0.25, 0.3) is 0 Å². The standard InChI is InChI=1S/C8H9BrO3/c1-5-6(4-9)7(11-2)3-8(10)12-5/h3H,4H2,1-2H3. The Labute approximate surface area is 78.5 Å². The molecule has 0 saturated heterocycles. The van der Waals surface area contributed by atoms with Crippen molar-refractivity contribution < 1.29 is 9.15 Å². The molecule has 0 aliphatic carbocycles. The average Bonchev–Trinajstić information content (AvgIpc) is 2.03. The van der Waals surface area contributed by atoms with Gasteiger partial charge in [-0.05, 0) is 6.92 Å². The highest BCUT2D eigenvalue weighted by molar-refractivity contribution is 9.08. The summed E-state index contributed by atoms with van der Waals surface area (Å²) in [7, 11) is 1.53. The SMILES string of the molecule is COc1cc(=O)oc(C)c1CBr. The first-order valence-corrected chi connectivity index (χ1v) is 4.54. The molecule has 12 heavy (non-hydrogen) atoms. The first kappa shape index (κ1) is 9.32. The van der Waals surface area contributed by atoms with Gasteiger partial charge in [-0.3, -0.25) is 0 Å². The predicted molar refractivity (Wildman–Crippen MR) is 48.9 cm³/mol. The smallest absolute Gasteiger partial charge is 0.339 e. The van der Waals surface area contributed by atoms with E-state index < -0.39 is 0 Å². The van der Waals surface area contributed by atoms with Gasteiger partial charge < -0.3 is 9.15 Å². The van der Waals surface area contributed by atoms with E-state index in [1.807, 2.05) is 0 Å². The maximum absolute atomic E-state index is 10.9. The largest absolute Gasteiger partial charge is 0.496 e. The van der Waals surface area contributed by atoms with E-state index in [4.69, 9.17) is 9.15 Å². The van der Waals surface area contributed by atoms with Crippen LogP contribution >= 0.6 is 15.9 Å². The Balaban J connectivity index is 3.33. The number of halogens is 1. The lowest BCUT2D eigenvalue weighted by molar-refractivity contribution is 0.391. The fourth-order valence-electron chi connectivity index (χ4n) is 0.952. The molecule has 1 aromatic rings. The van der Waals surface area contributed by atoms with Gasteiger partial charge in [0.05, 0.1) is 13.2 Å². The second kappa shape index (κ2) is 3.76. The Kier molecular flexibility index (Phi) is 2.92. The van der Waals surface area contributed by atoms with Crippen LogP contribution in [0.4, 0.5) is 0 Å². The molecule has 0 unspecified atom stereocenters. The Bertz CT molecular complexity index is 330. The number of alkyl halides is 1. The monoisotopic (exact) mass is 232 g/mol. The van der Waals surface area contributed by atoms with Crippen molar-refractivity contribution in [1.82, 2.24) is 0 Å². The van der Waals surface area contributed by atoms with Crippen LogP contribution in [0.1, 0.15) is 11.3 Å². The summed E-state index contributed by atoms with van der Waals surface area (Å²) in [5, 5.41) is 0.617.